The average Bonchev–Trinajstić information content (AvgIpc) is 3.05. The lowest BCUT2D eigenvalue weighted by atomic mass is 9.78. The Morgan fingerprint density at radius 1 is 1.18 bits per heavy atom. The summed E-state index contributed by atoms with van der Waals surface area (Å²) in [5.41, 5.74) is 0.579. The number of hydrogen-bond donors (Lipinski definition) is 1. The van der Waals surface area contributed by atoms with Crippen LogP contribution in [-0.2, 0) is 9.31 Å². The van der Waals surface area contributed by atoms with Crippen LogP contribution in [0.2, 0.25) is 0 Å². The molecule has 2 aromatic rings. The minimum Gasteiger partial charge on any atom is -0.399 e. The fourth-order valence-corrected chi connectivity index (χ4v) is 2.33. The monoisotopic (exact) mass is 298 g/mol. The third-order valence-corrected chi connectivity index (χ3v) is 4.39. The number of carbonyl (C=O) groups excluding carboxylic acids is 1. The molecule has 114 valence electrons. The lowest BCUT2D eigenvalue weighted by Gasteiger charge is -2.32. The van der Waals surface area contributed by atoms with Crippen molar-refractivity contribution < 1.29 is 14.1 Å². The lowest BCUT2D eigenvalue weighted by Crippen LogP contribution is -2.41. The molecule has 22 heavy (non-hydrogen) atoms. The molecule has 1 fully saturated rings. The van der Waals surface area contributed by atoms with Crippen LogP contribution >= 0.6 is 0 Å². The molecule has 1 saturated heterocycles. The van der Waals surface area contributed by atoms with Gasteiger partial charge in [0.25, 0.3) is 0 Å². The van der Waals surface area contributed by atoms with Crippen LogP contribution in [0.15, 0.2) is 36.7 Å². The molecule has 1 N–H and O–H groups in total. The van der Waals surface area contributed by atoms with Gasteiger partial charge in [-0.3, -0.25) is 4.79 Å². The molecule has 1 aliphatic heterocycles. The van der Waals surface area contributed by atoms with Crippen molar-refractivity contribution in [1.29, 1.82) is 0 Å². The van der Waals surface area contributed by atoms with Crippen LogP contribution < -0.4 is 5.46 Å². The normalized spacial score (nSPS) is 19.4. The van der Waals surface area contributed by atoms with E-state index in [-0.39, 0.29) is 5.78 Å². The van der Waals surface area contributed by atoms with Gasteiger partial charge in [0.1, 0.15) is 0 Å². The number of aromatic amines is 1. The maximum absolute atomic E-state index is 12.4. The first-order valence-corrected chi connectivity index (χ1v) is 7.30. The van der Waals surface area contributed by atoms with E-state index in [1.54, 1.807) is 24.5 Å². The lowest BCUT2D eigenvalue weighted by molar-refractivity contribution is 0.00578. The van der Waals surface area contributed by atoms with Crippen molar-refractivity contribution in [3.05, 3.63) is 48.0 Å². The highest BCUT2D eigenvalue weighted by Gasteiger charge is 2.51. The van der Waals surface area contributed by atoms with Crippen LogP contribution in [0.3, 0.4) is 0 Å². The number of nitrogens with one attached hydrogen (secondary N) is 1. The minimum atomic E-state index is -0.477. The summed E-state index contributed by atoms with van der Waals surface area (Å²) in [5.74, 6) is 0.175. The first-order valence-electron chi connectivity index (χ1n) is 7.30. The predicted molar refractivity (Wildman–Crippen MR) is 84.2 cm³/mol. The maximum Gasteiger partial charge on any atom is 0.494 e. The third-order valence-electron chi connectivity index (χ3n) is 4.39. The van der Waals surface area contributed by atoms with Crippen molar-refractivity contribution in [3.8, 4) is 0 Å². The molecule has 1 aromatic carbocycles. The van der Waals surface area contributed by atoms with Gasteiger partial charge in [-0.2, -0.15) is 0 Å². The summed E-state index contributed by atoms with van der Waals surface area (Å²) in [6, 6.07) is 7.30. The molecule has 0 amide bonds. The van der Waals surface area contributed by atoms with Crippen LogP contribution in [0.1, 0.15) is 43.9 Å². The molecule has 1 aromatic heterocycles. The second-order valence-corrected chi connectivity index (χ2v) is 6.48. The van der Waals surface area contributed by atoms with Gasteiger partial charge >= 0.3 is 7.12 Å². The minimum absolute atomic E-state index is 0.150. The zero-order valence-electron chi connectivity index (χ0n) is 13.2. The first-order chi connectivity index (χ1) is 10.3. The highest BCUT2D eigenvalue weighted by Crippen LogP contribution is 2.36. The van der Waals surface area contributed by atoms with Crippen molar-refractivity contribution >= 4 is 18.4 Å². The molecular formula is C16H19BN2O3. The molecule has 0 aliphatic carbocycles. The summed E-state index contributed by atoms with van der Waals surface area (Å²) in [7, 11) is -0.477. The van der Waals surface area contributed by atoms with E-state index in [1.165, 1.54) is 0 Å². The summed E-state index contributed by atoms with van der Waals surface area (Å²) in [5, 5.41) is 0. The van der Waals surface area contributed by atoms with Gasteiger partial charge in [-0.1, -0.05) is 24.3 Å². The number of hydrogen-bond acceptors (Lipinski definition) is 4. The maximum atomic E-state index is 12.4. The van der Waals surface area contributed by atoms with Crippen LogP contribution in [0, 0.1) is 0 Å². The number of ketones is 1. The van der Waals surface area contributed by atoms with E-state index in [0.29, 0.717) is 11.4 Å². The molecular weight excluding hydrogens is 279 g/mol. The smallest absolute Gasteiger partial charge is 0.399 e. The van der Waals surface area contributed by atoms with Gasteiger partial charge in [0.2, 0.25) is 5.78 Å². The number of aromatic nitrogens is 2. The molecule has 0 spiro atoms. The number of carbonyl (C=O) groups is 1. The number of H-pyrrole nitrogens is 1. The number of imidazole rings is 1. The zero-order valence-corrected chi connectivity index (χ0v) is 13.2. The van der Waals surface area contributed by atoms with Crippen molar-refractivity contribution in [2.24, 2.45) is 0 Å². The third kappa shape index (κ3) is 2.49. The average molecular weight is 298 g/mol. The molecule has 2 heterocycles. The van der Waals surface area contributed by atoms with Gasteiger partial charge in [-0.25, -0.2) is 4.98 Å². The number of rotatable bonds is 3. The van der Waals surface area contributed by atoms with E-state index >= 15 is 0 Å². The quantitative estimate of drug-likeness (QED) is 0.695. The van der Waals surface area contributed by atoms with Gasteiger partial charge in [0.15, 0.2) is 5.82 Å². The van der Waals surface area contributed by atoms with Crippen LogP contribution in [-0.4, -0.2) is 34.1 Å². The molecule has 3 rings (SSSR count). The molecule has 1 aliphatic rings. The van der Waals surface area contributed by atoms with Gasteiger partial charge in [0, 0.05) is 18.0 Å². The van der Waals surface area contributed by atoms with Gasteiger partial charge < -0.3 is 14.3 Å². The Morgan fingerprint density at radius 3 is 2.45 bits per heavy atom. The molecule has 5 nitrogen and oxygen atoms in total. The van der Waals surface area contributed by atoms with E-state index in [9.17, 15) is 4.79 Å². The van der Waals surface area contributed by atoms with Crippen molar-refractivity contribution in [3.63, 3.8) is 0 Å². The molecule has 0 atom stereocenters. The Kier molecular flexibility index (Phi) is 3.46. The van der Waals surface area contributed by atoms with Gasteiger partial charge in [-0.15, -0.1) is 0 Å². The number of benzene rings is 1. The molecule has 0 bridgehead atoms. The molecule has 0 unspecified atom stereocenters. The Hall–Kier alpha value is -1.92. The van der Waals surface area contributed by atoms with Crippen LogP contribution in [0.25, 0.3) is 0 Å². The van der Waals surface area contributed by atoms with Crippen LogP contribution in [0.5, 0.6) is 0 Å². The summed E-state index contributed by atoms with van der Waals surface area (Å²) in [6.45, 7) is 8.02. The molecule has 6 heteroatoms. The standard InChI is InChI=1S/C16H19BN2O3/c1-15(2)16(3,4)22-17(21-15)12-7-5-6-11(10-12)13(20)14-18-8-9-19-14/h5-10H,1-4H3,(H,18,19). The summed E-state index contributed by atoms with van der Waals surface area (Å²) >= 11 is 0. The summed E-state index contributed by atoms with van der Waals surface area (Å²) in [6.07, 6.45) is 3.19. The van der Waals surface area contributed by atoms with E-state index in [4.69, 9.17) is 9.31 Å². The largest absolute Gasteiger partial charge is 0.494 e. The second kappa shape index (κ2) is 5.07. The number of nitrogens with zero attached hydrogens (tertiary/aromatic N) is 1. The Labute approximate surface area is 130 Å². The summed E-state index contributed by atoms with van der Waals surface area (Å²) in [4.78, 5) is 19.2. The second-order valence-electron chi connectivity index (χ2n) is 6.48. The Bertz CT molecular complexity index is 679. The highest BCUT2D eigenvalue weighted by molar-refractivity contribution is 6.62. The van der Waals surface area contributed by atoms with Crippen molar-refractivity contribution in [1.82, 2.24) is 9.97 Å². The Balaban J connectivity index is 1.88. The Morgan fingerprint density at radius 2 is 1.86 bits per heavy atom. The topological polar surface area (TPSA) is 64.2 Å². The predicted octanol–water partition coefficient (Wildman–Crippen LogP) is 1.94. The molecule has 0 radical (unpaired) electrons. The zero-order chi connectivity index (χ0) is 16.0. The van der Waals surface area contributed by atoms with Crippen molar-refractivity contribution in [2.45, 2.75) is 38.9 Å². The van der Waals surface area contributed by atoms with Gasteiger partial charge in [0.05, 0.1) is 11.2 Å². The molecule has 0 saturated carbocycles. The van der Waals surface area contributed by atoms with E-state index in [1.807, 2.05) is 39.8 Å². The fraction of sp³-hybridized carbons (Fsp3) is 0.375. The highest BCUT2D eigenvalue weighted by atomic mass is 16.7. The van der Waals surface area contributed by atoms with Crippen molar-refractivity contribution in [2.75, 3.05) is 0 Å². The van der Waals surface area contributed by atoms with Crippen LogP contribution in [0.4, 0.5) is 0 Å². The van der Waals surface area contributed by atoms with Gasteiger partial charge in [-0.05, 0) is 33.2 Å². The fourth-order valence-electron chi connectivity index (χ4n) is 2.33. The van der Waals surface area contributed by atoms with E-state index < -0.39 is 18.3 Å². The van der Waals surface area contributed by atoms with E-state index in [2.05, 4.69) is 9.97 Å². The SMILES string of the molecule is CC1(C)OB(c2cccc(C(=O)c3ncc[nH]3)c2)OC1(C)C. The first kappa shape index (κ1) is 15.0. The van der Waals surface area contributed by atoms with E-state index in [0.717, 1.165) is 5.46 Å². The summed E-state index contributed by atoms with van der Waals surface area (Å²) < 4.78 is 12.0.